The number of ether oxygens (including phenoxy) is 1. The Balaban J connectivity index is 2.15. The van der Waals surface area contributed by atoms with Gasteiger partial charge in [0.25, 0.3) is 5.69 Å². The number of amides is 1. The van der Waals surface area contributed by atoms with Crippen LogP contribution >= 0.6 is 0 Å². The Bertz CT molecular complexity index is 725. The van der Waals surface area contributed by atoms with E-state index in [-0.39, 0.29) is 22.9 Å². The highest BCUT2D eigenvalue weighted by atomic mass is 16.6. The van der Waals surface area contributed by atoms with Gasteiger partial charge in [-0.2, -0.15) is 0 Å². The maximum atomic E-state index is 12.0. The highest BCUT2D eigenvalue weighted by Crippen LogP contribution is 2.21. The molecule has 2 rings (SSSR count). The van der Waals surface area contributed by atoms with Crippen LogP contribution in [0.25, 0.3) is 0 Å². The van der Waals surface area contributed by atoms with Crippen LogP contribution in [0.3, 0.4) is 0 Å². The molecule has 0 radical (unpaired) electrons. The van der Waals surface area contributed by atoms with E-state index in [1.165, 1.54) is 43.3 Å². The van der Waals surface area contributed by atoms with Gasteiger partial charge in [-0.05, 0) is 30.3 Å². The topological polar surface area (TPSA) is 98.5 Å². The molecule has 0 saturated heterocycles. The number of anilines is 1. The Morgan fingerprint density at radius 2 is 1.73 bits per heavy atom. The summed E-state index contributed by atoms with van der Waals surface area (Å²) in [6.07, 6.45) is 0. The minimum atomic E-state index is -0.820. The molecule has 0 spiro atoms. The fourth-order valence-electron chi connectivity index (χ4n) is 1.78. The number of esters is 1. The number of rotatable bonds is 4. The van der Waals surface area contributed by atoms with E-state index in [0.29, 0.717) is 5.69 Å². The molecule has 1 amide bonds. The number of carbonyl (C=O) groups excluding carboxylic acids is 2. The second-order valence-electron chi connectivity index (χ2n) is 4.37. The van der Waals surface area contributed by atoms with Crippen molar-refractivity contribution in [2.45, 2.75) is 6.92 Å². The minimum Gasteiger partial charge on any atom is -0.423 e. The highest BCUT2D eigenvalue weighted by Gasteiger charge is 2.20. The molecule has 2 aromatic rings. The molecule has 1 N–H and O–H groups in total. The number of nitrogens with zero attached hydrogens (tertiary/aromatic N) is 1. The lowest BCUT2D eigenvalue weighted by atomic mass is 10.2. The van der Waals surface area contributed by atoms with Crippen molar-refractivity contribution in [3.63, 3.8) is 0 Å². The van der Waals surface area contributed by atoms with Crippen molar-refractivity contribution < 1.29 is 19.2 Å². The molecule has 0 unspecified atom stereocenters. The van der Waals surface area contributed by atoms with Gasteiger partial charge in [0.05, 0.1) is 4.92 Å². The number of para-hydroxylation sites is 1. The fraction of sp³-hybridized carbons (Fsp3) is 0.0667. The molecular formula is C15H12N2O5. The van der Waals surface area contributed by atoms with Crippen molar-refractivity contribution >= 4 is 23.3 Å². The first-order valence-corrected chi connectivity index (χ1v) is 6.30. The third-order valence-corrected chi connectivity index (χ3v) is 2.71. The van der Waals surface area contributed by atoms with E-state index >= 15 is 0 Å². The average molecular weight is 300 g/mol. The van der Waals surface area contributed by atoms with Crippen molar-refractivity contribution in [3.8, 4) is 5.75 Å². The molecule has 0 fully saturated rings. The van der Waals surface area contributed by atoms with E-state index in [2.05, 4.69) is 5.32 Å². The molecule has 0 aliphatic heterocycles. The van der Waals surface area contributed by atoms with E-state index < -0.39 is 10.9 Å². The summed E-state index contributed by atoms with van der Waals surface area (Å²) in [5, 5.41) is 13.5. The zero-order chi connectivity index (χ0) is 16.1. The molecule has 0 atom stereocenters. The summed E-state index contributed by atoms with van der Waals surface area (Å²) in [5.41, 5.74) is 0.110. The molecule has 2 aromatic carbocycles. The van der Waals surface area contributed by atoms with E-state index in [4.69, 9.17) is 4.74 Å². The largest absolute Gasteiger partial charge is 0.423 e. The lowest BCUT2D eigenvalue weighted by Crippen LogP contribution is -2.11. The molecule has 22 heavy (non-hydrogen) atoms. The Labute approximate surface area is 125 Å². The van der Waals surface area contributed by atoms with Crippen molar-refractivity contribution in [1.82, 2.24) is 0 Å². The summed E-state index contributed by atoms with van der Waals surface area (Å²) in [7, 11) is 0. The molecule has 7 heteroatoms. The number of nitro benzene ring substituents is 1. The predicted molar refractivity (Wildman–Crippen MR) is 78.8 cm³/mol. The molecule has 0 aliphatic carbocycles. The first kappa shape index (κ1) is 15.2. The Morgan fingerprint density at radius 3 is 2.32 bits per heavy atom. The SMILES string of the molecule is CC(=O)Nc1ccc(OC(=O)c2ccccc2[N+](=O)[O-])cc1. The number of benzene rings is 2. The second-order valence-corrected chi connectivity index (χ2v) is 4.37. The summed E-state index contributed by atoms with van der Waals surface area (Å²) in [6, 6.07) is 11.6. The van der Waals surface area contributed by atoms with Crippen molar-refractivity contribution in [2.24, 2.45) is 0 Å². The summed E-state index contributed by atoms with van der Waals surface area (Å²) < 4.78 is 5.10. The summed E-state index contributed by atoms with van der Waals surface area (Å²) >= 11 is 0. The first-order valence-electron chi connectivity index (χ1n) is 6.30. The number of carbonyl (C=O) groups is 2. The second kappa shape index (κ2) is 6.49. The number of hydrogen-bond acceptors (Lipinski definition) is 5. The van der Waals surface area contributed by atoms with Gasteiger partial charge in [-0.25, -0.2) is 4.79 Å². The molecule has 0 aliphatic rings. The third-order valence-electron chi connectivity index (χ3n) is 2.71. The quantitative estimate of drug-likeness (QED) is 0.405. The molecule has 112 valence electrons. The Kier molecular flexibility index (Phi) is 4.47. The predicted octanol–water partition coefficient (Wildman–Crippen LogP) is 2.77. The van der Waals surface area contributed by atoms with Crippen LogP contribution < -0.4 is 10.1 Å². The van der Waals surface area contributed by atoms with Crippen molar-refractivity contribution in [1.29, 1.82) is 0 Å². The fourth-order valence-corrected chi connectivity index (χ4v) is 1.78. The van der Waals surface area contributed by atoms with Gasteiger partial charge in [-0.3, -0.25) is 14.9 Å². The van der Waals surface area contributed by atoms with Gasteiger partial charge in [-0.1, -0.05) is 12.1 Å². The zero-order valence-corrected chi connectivity index (χ0v) is 11.6. The van der Waals surface area contributed by atoms with Crippen LogP contribution in [0, 0.1) is 10.1 Å². The molecule has 0 aromatic heterocycles. The summed E-state index contributed by atoms with van der Waals surface area (Å²) in [4.78, 5) is 33.1. The van der Waals surface area contributed by atoms with E-state index in [9.17, 15) is 19.7 Å². The van der Waals surface area contributed by atoms with Gasteiger partial charge >= 0.3 is 5.97 Å². The van der Waals surface area contributed by atoms with Gasteiger partial charge in [0.15, 0.2) is 0 Å². The van der Waals surface area contributed by atoms with Crippen LogP contribution in [-0.2, 0) is 4.79 Å². The highest BCUT2D eigenvalue weighted by molar-refractivity contribution is 5.95. The lowest BCUT2D eigenvalue weighted by molar-refractivity contribution is -0.385. The van der Waals surface area contributed by atoms with Crippen LogP contribution in [0.15, 0.2) is 48.5 Å². The number of hydrogen-bond donors (Lipinski definition) is 1. The first-order chi connectivity index (χ1) is 10.5. The maximum absolute atomic E-state index is 12.0. The molecular weight excluding hydrogens is 288 g/mol. The normalized spacial score (nSPS) is 9.86. The monoisotopic (exact) mass is 300 g/mol. The van der Waals surface area contributed by atoms with Crippen LogP contribution in [0.5, 0.6) is 5.75 Å². The van der Waals surface area contributed by atoms with Crippen molar-refractivity contribution in [3.05, 3.63) is 64.2 Å². The van der Waals surface area contributed by atoms with Crippen LogP contribution in [-0.4, -0.2) is 16.8 Å². The Morgan fingerprint density at radius 1 is 1.09 bits per heavy atom. The summed E-state index contributed by atoms with van der Waals surface area (Å²) in [6.45, 7) is 1.38. The molecule has 0 bridgehead atoms. The molecule has 0 heterocycles. The van der Waals surface area contributed by atoms with Crippen LogP contribution in [0.4, 0.5) is 11.4 Å². The van der Waals surface area contributed by atoms with E-state index in [1.807, 2.05) is 0 Å². The van der Waals surface area contributed by atoms with Crippen LogP contribution in [0.2, 0.25) is 0 Å². The standard InChI is InChI=1S/C15H12N2O5/c1-10(18)16-11-6-8-12(9-7-11)22-15(19)13-4-2-3-5-14(13)17(20)21/h2-9H,1H3,(H,16,18). The van der Waals surface area contributed by atoms with Gasteiger partial charge < -0.3 is 10.1 Å². The minimum absolute atomic E-state index is 0.126. The van der Waals surface area contributed by atoms with Gasteiger partial charge in [0, 0.05) is 18.7 Å². The van der Waals surface area contributed by atoms with E-state index in [0.717, 1.165) is 0 Å². The third kappa shape index (κ3) is 3.66. The summed E-state index contributed by atoms with van der Waals surface area (Å²) in [5.74, 6) is -0.818. The molecule has 0 saturated carbocycles. The van der Waals surface area contributed by atoms with Crippen molar-refractivity contribution in [2.75, 3.05) is 5.32 Å². The lowest BCUT2D eigenvalue weighted by Gasteiger charge is -2.06. The Hall–Kier alpha value is -3.22. The number of nitrogens with one attached hydrogen (secondary N) is 1. The zero-order valence-electron chi connectivity index (χ0n) is 11.6. The van der Waals surface area contributed by atoms with Crippen LogP contribution in [0.1, 0.15) is 17.3 Å². The number of nitro groups is 1. The van der Waals surface area contributed by atoms with Gasteiger partial charge in [-0.15, -0.1) is 0 Å². The van der Waals surface area contributed by atoms with Gasteiger partial charge in [0.2, 0.25) is 5.91 Å². The smallest absolute Gasteiger partial charge is 0.350 e. The maximum Gasteiger partial charge on any atom is 0.350 e. The average Bonchev–Trinajstić information content (AvgIpc) is 2.48. The van der Waals surface area contributed by atoms with E-state index in [1.54, 1.807) is 12.1 Å². The van der Waals surface area contributed by atoms with Gasteiger partial charge in [0.1, 0.15) is 11.3 Å². The molecule has 7 nitrogen and oxygen atoms in total.